The van der Waals surface area contributed by atoms with Crippen LogP contribution in [0.2, 0.25) is 0 Å². The summed E-state index contributed by atoms with van der Waals surface area (Å²) >= 11 is 0. The van der Waals surface area contributed by atoms with Crippen molar-refractivity contribution in [2.24, 2.45) is 0 Å². The van der Waals surface area contributed by atoms with Crippen LogP contribution in [0.1, 0.15) is 29.2 Å². The number of esters is 1. The summed E-state index contributed by atoms with van der Waals surface area (Å²) in [5.74, 6) is 0.605. The molecule has 4 aromatic carbocycles. The zero-order valence-electron chi connectivity index (χ0n) is 23.1. The van der Waals surface area contributed by atoms with Gasteiger partial charge >= 0.3 is 5.97 Å². The van der Waals surface area contributed by atoms with Crippen molar-refractivity contribution in [3.8, 4) is 11.5 Å². The van der Waals surface area contributed by atoms with Crippen LogP contribution in [0.3, 0.4) is 0 Å². The molecule has 0 radical (unpaired) electrons. The minimum atomic E-state index is -1.38. The number of hydrogen-bond donors (Lipinski definition) is 1. The number of carbonyl (C=O) groups excluding carboxylic acids is 1. The van der Waals surface area contributed by atoms with Gasteiger partial charge in [-0.3, -0.25) is 4.90 Å². The molecule has 0 heterocycles. The Morgan fingerprint density at radius 3 is 1.82 bits per heavy atom. The average Bonchev–Trinajstić information content (AvgIpc) is 3.00. The molecule has 0 aliphatic carbocycles. The van der Waals surface area contributed by atoms with Gasteiger partial charge in [-0.1, -0.05) is 97.1 Å². The van der Waals surface area contributed by atoms with Crippen molar-refractivity contribution in [1.29, 1.82) is 0 Å². The quantitative estimate of drug-likeness (QED) is 0.204. The molecule has 0 aromatic heterocycles. The van der Waals surface area contributed by atoms with Crippen LogP contribution < -0.4 is 9.47 Å². The molecule has 0 saturated carbocycles. The predicted molar refractivity (Wildman–Crippen MR) is 156 cm³/mol. The van der Waals surface area contributed by atoms with E-state index in [1.807, 2.05) is 91.9 Å². The monoisotopic (exact) mass is 539 g/mol. The molecule has 0 aliphatic rings. The number of benzene rings is 4. The maximum Gasteiger partial charge on any atom is 0.336 e. The van der Waals surface area contributed by atoms with Crippen LogP contribution in [0, 0.1) is 0 Å². The number of aliphatic hydroxyl groups is 1. The number of methoxy groups -OCH3 is 1. The maximum atomic E-state index is 13.3. The molecule has 2 atom stereocenters. The molecule has 2 unspecified atom stereocenters. The number of nitrogens with zero attached hydrogens (tertiary/aromatic N) is 1. The first-order chi connectivity index (χ1) is 19.6. The summed E-state index contributed by atoms with van der Waals surface area (Å²) in [6, 6.07) is 34.7. The van der Waals surface area contributed by atoms with E-state index in [1.54, 1.807) is 7.11 Å². The topological polar surface area (TPSA) is 68.2 Å². The van der Waals surface area contributed by atoms with Gasteiger partial charge in [0, 0.05) is 13.1 Å². The summed E-state index contributed by atoms with van der Waals surface area (Å²) < 4.78 is 16.9. The largest absolute Gasteiger partial charge is 0.493 e. The zero-order valence-corrected chi connectivity index (χ0v) is 23.1. The van der Waals surface area contributed by atoms with Gasteiger partial charge in [-0.25, -0.2) is 4.79 Å². The van der Waals surface area contributed by atoms with Gasteiger partial charge in [0.1, 0.15) is 6.61 Å². The van der Waals surface area contributed by atoms with E-state index in [0.717, 1.165) is 22.3 Å². The fraction of sp³-hybridized carbons (Fsp3) is 0.265. The van der Waals surface area contributed by atoms with E-state index < -0.39 is 18.1 Å². The summed E-state index contributed by atoms with van der Waals surface area (Å²) in [6.45, 7) is 3.62. The molecule has 0 saturated heterocycles. The molecule has 0 spiro atoms. The van der Waals surface area contributed by atoms with Gasteiger partial charge in [0.05, 0.1) is 19.8 Å². The Kier molecular flexibility index (Phi) is 10.7. The summed E-state index contributed by atoms with van der Waals surface area (Å²) in [5, 5.41) is 11.5. The highest BCUT2D eigenvalue weighted by molar-refractivity contribution is 5.75. The van der Waals surface area contributed by atoms with E-state index in [4.69, 9.17) is 14.2 Å². The van der Waals surface area contributed by atoms with Crippen LogP contribution in [-0.4, -0.2) is 41.8 Å². The molecule has 6 nitrogen and oxygen atoms in total. The van der Waals surface area contributed by atoms with Crippen molar-refractivity contribution in [3.63, 3.8) is 0 Å². The summed E-state index contributed by atoms with van der Waals surface area (Å²) in [7, 11) is 1.60. The number of ether oxygens (including phenoxy) is 3. The van der Waals surface area contributed by atoms with Gasteiger partial charge in [0.25, 0.3) is 0 Å². The summed E-state index contributed by atoms with van der Waals surface area (Å²) in [5.41, 5.74) is 3.93. The molecule has 40 heavy (non-hydrogen) atoms. The van der Waals surface area contributed by atoms with E-state index in [-0.39, 0.29) is 6.61 Å². The molecular weight excluding hydrogens is 502 g/mol. The molecule has 0 amide bonds. The van der Waals surface area contributed by atoms with Crippen LogP contribution in [-0.2, 0) is 35.6 Å². The Labute approximate surface area is 236 Å². The molecule has 0 bridgehead atoms. The van der Waals surface area contributed by atoms with Crippen LogP contribution in [0.15, 0.2) is 109 Å². The fourth-order valence-electron chi connectivity index (χ4n) is 4.69. The Morgan fingerprint density at radius 2 is 1.30 bits per heavy atom. The Hall–Kier alpha value is -4.13. The van der Waals surface area contributed by atoms with E-state index in [9.17, 15) is 9.90 Å². The van der Waals surface area contributed by atoms with Gasteiger partial charge in [0.15, 0.2) is 17.6 Å². The number of aliphatic hydroxyl groups excluding tert-OH is 1. The van der Waals surface area contributed by atoms with Crippen molar-refractivity contribution in [2.45, 2.75) is 45.2 Å². The standard InChI is InChI=1S/C34H37NO5/c1-3-39-31-20-19-29(22-32(31)38-2)21-30(33(36)34(37)40-25-28-17-11-6-12-18-28)35(23-26-13-7-4-8-14-26)24-27-15-9-5-10-16-27/h4-20,22,30,33,36H,3,21,23-25H2,1-2H3. The van der Waals surface area contributed by atoms with Crippen molar-refractivity contribution in [2.75, 3.05) is 13.7 Å². The molecule has 0 fully saturated rings. The van der Waals surface area contributed by atoms with Crippen molar-refractivity contribution in [1.82, 2.24) is 4.90 Å². The van der Waals surface area contributed by atoms with E-state index in [0.29, 0.717) is 37.6 Å². The maximum absolute atomic E-state index is 13.3. The lowest BCUT2D eigenvalue weighted by atomic mass is 9.97. The van der Waals surface area contributed by atoms with Gasteiger partial charge in [0.2, 0.25) is 0 Å². The number of carbonyl (C=O) groups is 1. The second-order valence-electron chi connectivity index (χ2n) is 9.60. The Bertz CT molecular complexity index is 1270. The molecule has 4 rings (SSSR count). The molecule has 0 aliphatic heterocycles. The summed E-state index contributed by atoms with van der Waals surface area (Å²) in [4.78, 5) is 15.4. The van der Waals surface area contributed by atoms with Crippen LogP contribution in [0.5, 0.6) is 11.5 Å². The van der Waals surface area contributed by atoms with Crippen molar-refractivity contribution >= 4 is 5.97 Å². The minimum absolute atomic E-state index is 0.0949. The first-order valence-electron chi connectivity index (χ1n) is 13.6. The Morgan fingerprint density at radius 1 is 0.750 bits per heavy atom. The van der Waals surface area contributed by atoms with E-state index >= 15 is 0 Å². The normalized spacial score (nSPS) is 12.5. The first kappa shape index (κ1) is 28.9. The van der Waals surface area contributed by atoms with Gasteiger partial charge < -0.3 is 19.3 Å². The van der Waals surface area contributed by atoms with E-state index in [2.05, 4.69) is 29.2 Å². The summed E-state index contributed by atoms with van der Waals surface area (Å²) in [6.07, 6.45) is -0.988. The van der Waals surface area contributed by atoms with Crippen LogP contribution in [0.25, 0.3) is 0 Å². The van der Waals surface area contributed by atoms with Crippen LogP contribution in [0.4, 0.5) is 0 Å². The van der Waals surface area contributed by atoms with Crippen molar-refractivity contribution < 1.29 is 24.1 Å². The molecular formula is C34H37NO5. The highest BCUT2D eigenvalue weighted by atomic mass is 16.5. The SMILES string of the molecule is CCOc1ccc(CC(C(O)C(=O)OCc2ccccc2)N(Cc2ccccc2)Cc2ccccc2)cc1OC. The van der Waals surface area contributed by atoms with Gasteiger partial charge in [-0.15, -0.1) is 0 Å². The zero-order chi connectivity index (χ0) is 28.2. The molecule has 6 heteroatoms. The third-order valence-corrected chi connectivity index (χ3v) is 6.73. The smallest absolute Gasteiger partial charge is 0.336 e. The third-order valence-electron chi connectivity index (χ3n) is 6.73. The Balaban J connectivity index is 1.65. The van der Waals surface area contributed by atoms with Crippen molar-refractivity contribution in [3.05, 3.63) is 131 Å². The third kappa shape index (κ3) is 8.18. The molecule has 208 valence electrons. The first-order valence-corrected chi connectivity index (χ1v) is 13.6. The lowest BCUT2D eigenvalue weighted by Crippen LogP contribution is -2.48. The van der Waals surface area contributed by atoms with Crippen LogP contribution >= 0.6 is 0 Å². The second kappa shape index (κ2) is 14.9. The lowest BCUT2D eigenvalue weighted by molar-refractivity contribution is -0.159. The average molecular weight is 540 g/mol. The second-order valence-corrected chi connectivity index (χ2v) is 9.60. The lowest BCUT2D eigenvalue weighted by Gasteiger charge is -2.34. The minimum Gasteiger partial charge on any atom is -0.493 e. The van der Waals surface area contributed by atoms with E-state index in [1.165, 1.54) is 0 Å². The van der Waals surface area contributed by atoms with Gasteiger partial charge in [-0.2, -0.15) is 0 Å². The van der Waals surface area contributed by atoms with Gasteiger partial charge in [-0.05, 0) is 47.7 Å². The predicted octanol–water partition coefficient (Wildman–Crippen LogP) is 5.81. The fourth-order valence-corrected chi connectivity index (χ4v) is 4.69. The molecule has 1 N–H and O–H groups in total. The molecule has 4 aromatic rings. The number of rotatable bonds is 14. The number of hydrogen-bond acceptors (Lipinski definition) is 6. The highest BCUT2D eigenvalue weighted by Gasteiger charge is 2.33. The highest BCUT2D eigenvalue weighted by Crippen LogP contribution is 2.30.